The molecule has 0 aliphatic carbocycles. The molecule has 0 aromatic heterocycles. The van der Waals surface area contributed by atoms with Gasteiger partial charge in [-0.05, 0) is 56.7 Å². The lowest BCUT2D eigenvalue weighted by Gasteiger charge is -2.30. The summed E-state index contributed by atoms with van der Waals surface area (Å²) in [5.74, 6) is 4.93. The van der Waals surface area contributed by atoms with Crippen LogP contribution in [0.5, 0.6) is 0 Å². The zero-order chi connectivity index (χ0) is 59.2. The number of carbonyl (C=O) groups excluding carboxylic acids is 2. The molecule has 0 bridgehead atoms. The molecule has 25 heteroatoms. The number of carbonyl (C=O) groups is 2. The highest BCUT2D eigenvalue weighted by atomic mass is 35.5. The lowest BCUT2D eigenvalue weighted by Crippen LogP contribution is -2.44. The number of ether oxygens (including phenoxy) is 8. The van der Waals surface area contributed by atoms with E-state index in [0.29, 0.717) is 76.9 Å². The van der Waals surface area contributed by atoms with Gasteiger partial charge in [0.15, 0.2) is 0 Å². The van der Waals surface area contributed by atoms with Crippen molar-refractivity contribution in [2.24, 2.45) is 47.7 Å². The summed E-state index contributed by atoms with van der Waals surface area (Å²) >= 11 is 23.2. The predicted molar refractivity (Wildman–Crippen MR) is 331 cm³/mol. The molecule has 0 unspecified atom stereocenters. The van der Waals surface area contributed by atoms with Gasteiger partial charge in [-0.15, -0.1) is 46.4 Å². The zero-order valence-corrected chi connectivity index (χ0v) is 57.8. The Kier molecular flexibility index (Phi) is 32.9. The maximum Gasteiger partial charge on any atom is 0.410 e. The first-order valence-corrected chi connectivity index (χ1v) is 41.8. The van der Waals surface area contributed by atoms with Crippen molar-refractivity contribution < 1.29 is 47.5 Å². The molecule has 0 radical (unpaired) electrons. The van der Waals surface area contributed by atoms with Gasteiger partial charge in [0.25, 0.3) is 0 Å². The van der Waals surface area contributed by atoms with Crippen LogP contribution < -0.4 is 0 Å². The number of rotatable bonds is 12. The fourth-order valence-electron chi connectivity index (χ4n) is 7.53. The normalized spacial score (nSPS) is 22.3. The van der Waals surface area contributed by atoms with E-state index in [9.17, 15) is 9.59 Å². The topological polar surface area (TPSA) is 185 Å². The Morgan fingerprint density at radius 1 is 0.579 bits per heavy atom. The number of halogens is 4. The van der Waals surface area contributed by atoms with Gasteiger partial charge in [-0.1, -0.05) is 93.9 Å². The van der Waals surface area contributed by atoms with Crippen LogP contribution in [-0.4, -0.2) is 211 Å². The summed E-state index contributed by atoms with van der Waals surface area (Å²) in [6.45, 7) is 36.2. The molecule has 17 nitrogen and oxygen atoms in total. The summed E-state index contributed by atoms with van der Waals surface area (Å²) < 4.78 is 42.0. The quantitative estimate of drug-likeness (QED) is 0.103. The summed E-state index contributed by atoms with van der Waals surface area (Å²) in [6.07, 6.45) is 0.220. The average molecular weight is 1220 g/mol. The fraction of sp³-hybridized carbons (Fsp3) is 0.843. The molecule has 1 amide bonds. The van der Waals surface area contributed by atoms with Crippen LogP contribution in [0.3, 0.4) is 0 Å². The maximum atomic E-state index is 12.1. The van der Waals surface area contributed by atoms with E-state index in [1.54, 1.807) is 42.7 Å². The molecule has 4 rings (SSSR count). The van der Waals surface area contributed by atoms with Crippen LogP contribution in [0.4, 0.5) is 4.79 Å². The number of hydrogen-bond donors (Lipinski definition) is 0. The highest BCUT2D eigenvalue weighted by Gasteiger charge is 2.47. The summed E-state index contributed by atoms with van der Waals surface area (Å²) in [7, 11) is 5.59. The molecule has 1 saturated heterocycles. The van der Waals surface area contributed by atoms with Crippen molar-refractivity contribution in [3.05, 3.63) is 0 Å². The summed E-state index contributed by atoms with van der Waals surface area (Å²) in [6, 6.07) is 1.94. The number of alkyl halides is 4. The van der Waals surface area contributed by atoms with Gasteiger partial charge in [-0.2, -0.15) is 0 Å². The highest BCUT2D eigenvalue weighted by molar-refractivity contribution is 6.87. The average Bonchev–Trinajstić information content (AvgIpc) is 3.70. The molecule has 76 heavy (non-hydrogen) atoms. The van der Waals surface area contributed by atoms with Crippen LogP contribution in [-0.2, 0) is 42.7 Å². The molecule has 4 aliphatic rings. The highest BCUT2D eigenvalue weighted by Crippen LogP contribution is 2.30. The van der Waals surface area contributed by atoms with E-state index in [4.69, 9.17) is 94.3 Å². The first-order chi connectivity index (χ1) is 35.0. The molecular formula is C51H99Cl4N7O10Si4. The van der Waals surface area contributed by atoms with Gasteiger partial charge in [0, 0.05) is 28.2 Å². The van der Waals surface area contributed by atoms with E-state index in [0.717, 1.165) is 29.1 Å². The van der Waals surface area contributed by atoms with Gasteiger partial charge in [-0.25, -0.2) is 39.5 Å². The molecule has 442 valence electrons. The van der Waals surface area contributed by atoms with Crippen molar-refractivity contribution in [1.29, 1.82) is 0 Å². The van der Waals surface area contributed by atoms with Crippen molar-refractivity contribution in [3.8, 4) is 0 Å². The first-order valence-electron chi connectivity index (χ1n) is 26.0. The first kappa shape index (κ1) is 73.6. The Bertz CT molecular complexity index is 1910. The van der Waals surface area contributed by atoms with E-state index < -0.39 is 50.0 Å². The third kappa shape index (κ3) is 25.8. The number of methoxy groups -OCH3 is 7. The van der Waals surface area contributed by atoms with Crippen molar-refractivity contribution in [2.45, 2.75) is 175 Å². The number of nitrogens with zero attached hydrogens (tertiary/aromatic N) is 7. The third-order valence-corrected chi connectivity index (χ3v) is 29.3. The van der Waals surface area contributed by atoms with Crippen LogP contribution in [0, 0.1) is 17.8 Å². The minimum absolute atomic E-state index is 0.00806. The molecule has 4 aliphatic heterocycles. The fourth-order valence-corrected chi connectivity index (χ4v) is 14.8. The summed E-state index contributed by atoms with van der Waals surface area (Å²) in [5.41, 5.74) is 2.43. The SMILES string of the molecule is COC(=O)[C@H]1C[Si](C)(C)CN1C(=O)OC(C)(C)C.COC1=N[C@H](C(C)C)C(OC)=NC1.COC1=N[C@H](C(C)C)C(OC)=N[C@@H]1C[Si](C)(C)CCl.COC1=N[C@H](C(C)C)C(OC)=N[C@H]1C[Si](C)(C)CCl.C[Si](C)(CCl)CCl. The van der Waals surface area contributed by atoms with E-state index in [1.807, 2.05) is 20.8 Å². The van der Waals surface area contributed by atoms with Gasteiger partial charge < -0.3 is 37.9 Å². The minimum atomic E-state index is -1.56. The molecule has 0 spiro atoms. The number of amides is 1. The van der Waals surface area contributed by atoms with Crippen LogP contribution in [0.15, 0.2) is 30.0 Å². The third-order valence-electron chi connectivity index (χ3n) is 12.0. The Labute approximate surface area is 482 Å². The molecule has 0 saturated carbocycles. The van der Waals surface area contributed by atoms with Gasteiger partial charge in [-0.3, -0.25) is 4.90 Å². The van der Waals surface area contributed by atoms with Gasteiger partial charge in [0.2, 0.25) is 35.4 Å². The summed E-state index contributed by atoms with van der Waals surface area (Å²) in [4.78, 5) is 52.7. The second-order valence-corrected chi connectivity index (χ2v) is 47.5. The van der Waals surface area contributed by atoms with E-state index >= 15 is 0 Å². The Balaban J connectivity index is 0.000000953. The molecule has 6 atom stereocenters. The molecule has 1 fully saturated rings. The zero-order valence-electron chi connectivity index (χ0n) is 50.8. The lowest BCUT2D eigenvalue weighted by molar-refractivity contribution is -0.145. The van der Waals surface area contributed by atoms with Crippen LogP contribution in [0.25, 0.3) is 0 Å². The van der Waals surface area contributed by atoms with Crippen molar-refractivity contribution >= 4 is 126 Å². The van der Waals surface area contributed by atoms with Gasteiger partial charge in [0.05, 0.1) is 82.1 Å². The molecule has 0 aromatic carbocycles. The molecule has 0 N–H and O–H groups in total. The van der Waals surface area contributed by atoms with Crippen molar-refractivity contribution in [2.75, 3.05) is 84.5 Å². The van der Waals surface area contributed by atoms with E-state index in [-0.39, 0.29) is 36.2 Å². The number of hydrogen-bond acceptors (Lipinski definition) is 16. The van der Waals surface area contributed by atoms with Gasteiger partial charge in [0.1, 0.15) is 48.4 Å². The Morgan fingerprint density at radius 2 is 0.947 bits per heavy atom. The lowest BCUT2D eigenvalue weighted by atomic mass is 10.0. The smallest absolute Gasteiger partial charge is 0.410 e. The van der Waals surface area contributed by atoms with E-state index in [1.165, 1.54) is 12.0 Å². The Morgan fingerprint density at radius 3 is 1.24 bits per heavy atom. The second-order valence-electron chi connectivity index (χ2n) is 24.3. The number of aliphatic imine (C=N–C) groups is 6. The van der Waals surface area contributed by atoms with Crippen LogP contribution in [0.1, 0.15) is 62.3 Å². The van der Waals surface area contributed by atoms with Crippen LogP contribution in [0.2, 0.25) is 70.5 Å². The summed E-state index contributed by atoms with van der Waals surface area (Å²) in [5, 5.41) is 0. The molecular weight excluding hydrogens is 1120 g/mol. The van der Waals surface area contributed by atoms with Gasteiger partial charge >= 0.3 is 12.1 Å². The van der Waals surface area contributed by atoms with Crippen molar-refractivity contribution in [3.63, 3.8) is 0 Å². The minimum Gasteiger partial charge on any atom is -0.483 e. The molecule has 0 aromatic rings. The maximum absolute atomic E-state index is 12.1. The molecule has 4 heterocycles. The monoisotopic (exact) mass is 1220 g/mol. The second kappa shape index (κ2) is 34.0. The number of esters is 1. The predicted octanol–water partition coefficient (Wildman–Crippen LogP) is 11.3. The Hall–Kier alpha value is -2.41. The standard InChI is InChI=1S/2C13H25ClN2O2Si.C12H23NO4Si.C9H16N2O2.C4H10Cl2Si/c2*1-9(2)11-13(18-4)15-10(12(16-11)17-3)7-19(5,6)8-14;1-12(2,3)17-11(15)13-8-18(5,6)7-9(13)10(14)16-4;1-6(2)8-9(13-4)10-5-7(11-8)12-3;1-7(2,3-5)4-6/h2*9-11H,7-8H2,1-6H3;9H,7-8H2,1-6H3;6,8H,5H2,1-4H3;3-4H2,1-2H3/t10-,11+;10-,11-;9-;8-;/m0111./s1. The van der Waals surface area contributed by atoms with Crippen LogP contribution >= 0.6 is 46.4 Å². The van der Waals surface area contributed by atoms with Crippen molar-refractivity contribution in [1.82, 2.24) is 4.90 Å². The van der Waals surface area contributed by atoms with E-state index in [2.05, 4.69) is 114 Å². The largest absolute Gasteiger partial charge is 0.483 e.